The zero-order chi connectivity index (χ0) is 36.3. The number of thiophene rings is 1. The van der Waals surface area contributed by atoms with Crippen molar-refractivity contribution in [2.24, 2.45) is 5.92 Å². The van der Waals surface area contributed by atoms with E-state index in [0.717, 1.165) is 28.4 Å². The van der Waals surface area contributed by atoms with Gasteiger partial charge in [-0.15, -0.1) is 59.7 Å². The largest absolute Gasteiger partial charge is 0.305 e. The molecule has 2 nitrogen and oxygen atoms in total. The molecule has 1 saturated carbocycles. The molecule has 0 bridgehead atoms. The van der Waals surface area contributed by atoms with E-state index in [4.69, 9.17) is 4.98 Å². The number of pyridine rings is 2. The van der Waals surface area contributed by atoms with E-state index in [1.165, 1.54) is 75.4 Å². The first-order chi connectivity index (χ1) is 25.0. The maximum atomic E-state index is 4.77. The Balaban J connectivity index is 0.000000183. The van der Waals surface area contributed by atoms with Gasteiger partial charge in [-0.2, -0.15) is 11.3 Å². The van der Waals surface area contributed by atoms with Gasteiger partial charge in [-0.3, -0.25) is 0 Å². The molecule has 1 fully saturated rings. The van der Waals surface area contributed by atoms with E-state index in [-0.39, 0.29) is 25.5 Å². The van der Waals surface area contributed by atoms with Crippen molar-refractivity contribution in [3.05, 3.63) is 139 Å². The van der Waals surface area contributed by atoms with E-state index in [1.54, 1.807) is 10.8 Å². The molecule has 8 rings (SSSR count). The van der Waals surface area contributed by atoms with Crippen molar-refractivity contribution in [1.29, 1.82) is 0 Å². The predicted molar refractivity (Wildman–Crippen MR) is 227 cm³/mol. The molecule has 0 saturated heterocycles. The van der Waals surface area contributed by atoms with Crippen molar-refractivity contribution < 1.29 is 20.1 Å². The van der Waals surface area contributed by atoms with Crippen LogP contribution in [0.1, 0.15) is 64.0 Å². The molecule has 53 heavy (non-hydrogen) atoms. The van der Waals surface area contributed by atoms with Crippen LogP contribution >= 0.6 is 11.3 Å². The molecule has 0 amide bonds. The SMILES string of the molecule is CC(C)(C)c1ccnc(-c2[c-]ccc3c2sc2ccc(-c4ccccc4)cc23)c1.C[Si](C)(C)c1cnc(-c2[c-]cccc2)cc1CC1CCCCC1.[Ir]. The van der Waals surface area contributed by atoms with Gasteiger partial charge in [-0.1, -0.05) is 132 Å². The van der Waals surface area contributed by atoms with Gasteiger partial charge in [0, 0.05) is 37.2 Å². The van der Waals surface area contributed by atoms with Crippen LogP contribution in [0.15, 0.2) is 116 Å². The quantitative estimate of drug-likeness (QED) is 0.123. The summed E-state index contributed by atoms with van der Waals surface area (Å²) in [6, 6.07) is 43.2. The van der Waals surface area contributed by atoms with Crippen LogP contribution in [0.2, 0.25) is 19.6 Å². The Bertz CT molecular complexity index is 2280. The molecule has 0 N–H and O–H groups in total. The summed E-state index contributed by atoms with van der Waals surface area (Å²) in [4.78, 5) is 9.46. The number of benzene rings is 4. The van der Waals surface area contributed by atoms with Crippen LogP contribution in [-0.4, -0.2) is 18.0 Å². The summed E-state index contributed by atoms with van der Waals surface area (Å²) in [6.07, 6.45) is 12.4. The molecule has 0 spiro atoms. The molecule has 7 aromatic rings. The van der Waals surface area contributed by atoms with Crippen molar-refractivity contribution in [2.45, 2.75) is 84.4 Å². The Kier molecular flexibility index (Phi) is 12.3. The third kappa shape index (κ3) is 9.15. The molecule has 0 aliphatic heterocycles. The van der Waals surface area contributed by atoms with Crippen molar-refractivity contribution in [1.82, 2.24) is 9.97 Å². The molecular weight excluding hydrogens is 857 g/mol. The average molecular weight is 907 g/mol. The molecule has 0 unspecified atom stereocenters. The number of hydrogen-bond donors (Lipinski definition) is 0. The fourth-order valence-electron chi connectivity index (χ4n) is 7.52. The summed E-state index contributed by atoms with van der Waals surface area (Å²) in [5, 5.41) is 4.12. The zero-order valence-electron chi connectivity index (χ0n) is 31.9. The van der Waals surface area contributed by atoms with Crippen LogP contribution in [-0.2, 0) is 31.9 Å². The summed E-state index contributed by atoms with van der Waals surface area (Å²) in [5.74, 6) is 0.869. The first kappa shape index (κ1) is 39.0. The molecule has 3 aromatic heterocycles. The number of hydrogen-bond acceptors (Lipinski definition) is 3. The summed E-state index contributed by atoms with van der Waals surface area (Å²) in [6.45, 7) is 14.0. The molecule has 273 valence electrons. The summed E-state index contributed by atoms with van der Waals surface area (Å²) in [7, 11) is -1.36. The van der Waals surface area contributed by atoms with Gasteiger partial charge in [0.2, 0.25) is 0 Å². The van der Waals surface area contributed by atoms with E-state index in [2.05, 4.69) is 149 Å². The van der Waals surface area contributed by atoms with Gasteiger partial charge in [-0.05, 0) is 79.3 Å². The van der Waals surface area contributed by atoms with Gasteiger partial charge in [0.25, 0.3) is 0 Å². The second kappa shape index (κ2) is 16.7. The van der Waals surface area contributed by atoms with Gasteiger partial charge in [0.15, 0.2) is 0 Å². The maximum absolute atomic E-state index is 4.77. The van der Waals surface area contributed by atoms with Crippen LogP contribution in [0.5, 0.6) is 0 Å². The molecule has 0 atom stereocenters. The Morgan fingerprint density at radius 2 is 1.51 bits per heavy atom. The van der Waals surface area contributed by atoms with Crippen molar-refractivity contribution in [3.63, 3.8) is 0 Å². The van der Waals surface area contributed by atoms with Crippen molar-refractivity contribution in [3.8, 4) is 33.6 Å². The van der Waals surface area contributed by atoms with E-state index < -0.39 is 8.07 Å². The molecule has 1 aliphatic carbocycles. The minimum absolute atomic E-state index is 0. The minimum Gasteiger partial charge on any atom is -0.305 e. The normalized spacial score (nSPS) is 13.7. The third-order valence-electron chi connectivity index (χ3n) is 10.4. The molecule has 5 heteroatoms. The number of aromatic nitrogens is 2. The summed E-state index contributed by atoms with van der Waals surface area (Å²) in [5.41, 5.74) is 9.72. The van der Waals surface area contributed by atoms with E-state index in [9.17, 15) is 0 Å². The first-order valence-electron chi connectivity index (χ1n) is 18.9. The van der Waals surface area contributed by atoms with Crippen molar-refractivity contribution in [2.75, 3.05) is 0 Å². The molecule has 3 heterocycles. The van der Waals surface area contributed by atoms with Gasteiger partial charge >= 0.3 is 0 Å². The zero-order valence-corrected chi connectivity index (χ0v) is 36.1. The first-order valence-corrected chi connectivity index (χ1v) is 23.2. The minimum atomic E-state index is -1.36. The van der Waals surface area contributed by atoms with Crippen molar-refractivity contribution >= 4 is 44.8 Å². The third-order valence-corrected chi connectivity index (χ3v) is 13.7. The standard InChI is InChI=1S/C27H22NS.C21H28NSi.Ir/c1-27(2,3)20-14-15-28-24(17-20)22-11-7-10-21-23-16-19(18-8-5-4-6-9-18)12-13-25(23)29-26(21)22;1-23(2,3)21-16-22-20(18-12-8-5-9-13-18)15-19(21)14-17-10-6-4-7-11-17;/h4-10,12-17H,1-3H3;5,8-9,12,15-17H,4,6-7,10-11,14H2,1-3H3;/q2*-1;. The maximum Gasteiger partial charge on any atom is 0.0798 e. The van der Waals surface area contributed by atoms with Gasteiger partial charge in [-0.25, -0.2) is 0 Å². The van der Waals surface area contributed by atoms with Crippen LogP contribution in [0.3, 0.4) is 0 Å². The Morgan fingerprint density at radius 3 is 2.23 bits per heavy atom. The summed E-state index contributed by atoms with van der Waals surface area (Å²) >= 11 is 1.83. The van der Waals surface area contributed by atoms with Crippen LogP contribution in [0, 0.1) is 18.1 Å². The van der Waals surface area contributed by atoms with Gasteiger partial charge < -0.3 is 9.97 Å². The number of rotatable bonds is 6. The smallest absolute Gasteiger partial charge is 0.0798 e. The monoisotopic (exact) mass is 907 g/mol. The fourth-order valence-corrected chi connectivity index (χ4v) is 10.3. The molecule has 1 aliphatic rings. The second-order valence-corrected chi connectivity index (χ2v) is 22.5. The van der Waals surface area contributed by atoms with Crippen LogP contribution < -0.4 is 5.19 Å². The molecular formula is C48H50IrN2SSi-2. The predicted octanol–water partition coefficient (Wildman–Crippen LogP) is 13.1. The van der Waals surface area contributed by atoms with E-state index >= 15 is 0 Å². The Labute approximate surface area is 335 Å². The van der Waals surface area contributed by atoms with Crippen LogP contribution in [0.4, 0.5) is 0 Å². The molecule has 4 aromatic carbocycles. The fraction of sp³-hybridized carbons (Fsp3) is 0.292. The average Bonchev–Trinajstić information content (AvgIpc) is 3.54. The van der Waals surface area contributed by atoms with E-state index in [1.807, 2.05) is 35.7 Å². The Hall–Kier alpha value is -3.73. The van der Waals surface area contributed by atoms with Gasteiger partial charge in [0.1, 0.15) is 0 Å². The van der Waals surface area contributed by atoms with Gasteiger partial charge in [0.05, 0.1) is 8.07 Å². The Morgan fingerprint density at radius 1 is 0.736 bits per heavy atom. The van der Waals surface area contributed by atoms with E-state index in [0.29, 0.717) is 0 Å². The van der Waals surface area contributed by atoms with Crippen LogP contribution in [0.25, 0.3) is 53.8 Å². The number of fused-ring (bicyclic) bond motifs is 3. The number of nitrogens with zero attached hydrogens (tertiary/aromatic N) is 2. The molecule has 1 radical (unpaired) electrons. The summed E-state index contributed by atoms with van der Waals surface area (Å²) < 4.78 is 2.55. The second-order valence-electron chi connectivity index (χ2n) is 16.4. The topological polar surface area (TPSA) is 25.8 Å².